The molecule has 0 unspecified atom stereocenters. The Balaban J connectivity index is 1.85. The van der Waals surface area contributed by atoms with E-state index in [1.807, 2.05) is 32.1 Å². The van der Waals surface area contributed by atoms with Crippen molar-refractivity contribution < 1.29 is 9.53 Å². The predicted molar refractivity (Wildman–Crippen MR) is 69.6 cm³/mol. The zero-order chi connectivity index (χ0) is 12.6. The topological polar surface area (TPSA) is 29.5 Å². The maximum atomic E-state index is 11.7. The summed E-state index contributed by atoms with van der Waals surface area (Å²) in [5.41, 5.74) is -0.401. The highest BCUT2D eigenvalue weighted by Crippen LogP contribution is 2.32. The number of aryl methyl sites for hydroxylation is 1. The Morgan fingerprint density at radius 1 is 1.41 bits per heavy atom. The number of amides is 1. The Morgan fingerprint density at radius 3 is 2.53 bits per heavy atom. The van der Waals surface area contributed by atoms with Crippen LogP contribution in [0.1, 0.15) is 36.4 Å². The molecule has 0 aliphatic carbocycles. The number of carbonyl (C=O) groups is 1. The summed E-state index contributed by atoms with van der Waals surface area (Å²) in [6.45, 7) is 9.36. The van der Waals surface area contributed by atoms with Gasteiger partial charge in [0, 0.05) is 28.8 Å². The largest absolute Gasteiger partial charge is 0.444 e. The van der Waals surface area contributed by atoms with E-state index in [1.165, 1.54) is 9.75 Å². The van der Waals surface area contributed by atoms with Crippen molar-refractivity contribution >= 4 is 17.4 Å². The van der Waals surface area contributed by atoms with Crippen LogP contribution in [0.4, 0.5) is 4.79 Å². The van der Waals surface area contributed by atoms with E-state index in [-0.39, 0.29) is 6.09 Å². The van der Waals surface area contributed by atoms with Crippen LogP contribution in [0.3, 0.4) is 0 Å². The van der Waals surface area contributed by atoms with Crippen molar-refractivity contribution in [3.8, 4) is 0 Å². The molecule has 1 saturated heterocycles. The van der Waals surface area contributed by atoms with Crippen molar-refractivity contribution in [1.29, 1.82) is 0 Å². The lowest BCUT2D eigenvalue weighted by Gasteiger charge is -2.39. The summed E-state index contributed by atoms with van der Waals surface area (Å²) in [4.78, 5) is 16.2. The second kappa shape index (κ2) is 4.33. The normalized spacial score (nSPS) is 16.8. The summed E-state index contributed by atoms with van der Waals surface area (Å²) in [5, 5.41) is 0. The molecule has 0 radical (unpaired) electrons. The number of nitrogens with zero attached hydrogens (tertiary/aromatic N) is 1. The molecule has 0 N–H and O–H groups in total. The minimum Gasteiger partial charge on any atom is -0.444 e. The van der Waals surface area contributed by atoms with E-state index in [0.29, 0.717) is 5.92 Å². The molecule has 0 atom stereocenters. The van der Waals surface area contributed by atoms with Gasteiger partial charge in [-0.05, 0) is 39.8 Å². The minimum absolute atomic E-state index is 0.193. The van der Waals surface area contributed by atoms with E-state index < -0.39 is 5.60 Å². The zero-order valence-electron chi connectivity index (χ0n) is 10.8. The van der Waals surface area contributed by atoms with Crippen LogP contribution < -0.4 is 0 Å². The number of thiophene rings is 1. The lowest BCUT2D eigenvalue weighted by molar-refractivity contribution is 0.00847. The van der Waals surface area contributed by atoms with E-state index in [9.17, 15) is 4.79 Å². The average Bonchev–Trinajstić information content (AvgIpc) is 2.45. The standard InChI is InChI=1S/C13H19NO2S/c1-9-5-6-11(17-9)10-7-14(8-10)12(15)16-13(2,3)4/h5-6,10H,7-8H2,1-4H3. The fraction of sp³-hybridized carbons (Fsp3) is 0.615. The van der Waals surface area contributed by atoms with Crippen LogP contribution in [0.15, 0.2) is 12.1 Å². The molecule has 1 aromatic rings. The number of likely N-dealkylation sites (tertiary alicyclic amines) is 1. The van der Waals surface area contributed by atoms with Gasteiger partial charge in [0.2, 0.25) is 0 Å². The number of ether oxygens (including phenoxy) is 1. The highest BCUT2D eigenvalue weighted by atomic mass is 32.1. The third-order valence-corrected chi connectivity index (χ3v) is 3.86. The van der Waals surface area contributed by atoms with Gasteiger partial charge in [0.05, 0.1) is 0 Å². The second-order valence-electron chi connectivity index (χ2n) is 5.53. The first-order chi connectivity index (χ1) is 7.85. The van der Waals surface area contributed by atoms with Crippen LogP contribution in [0.2, 0.25) is 0 Å². The Morgan fingerprint density at radius 2 is 2.06 bits per heavy atom. The molecule has 0 saturated carbocycles. The van der Waals surface area contributed by atoms with Gasteiger partial charge in [-0.2, -0.15) is 0 Å². The predicted octanol–water partition coefficient (Wildman–Crippen LogP) is 3.39. The first-order valence-electron chi connectivity index (χ1n) is 5.89. The molecule has 94 valence electrons. The molecule has 0 aromatic carbocycles. The smallest absolute Gasteiger partial charge is 0.410 e. The highest BCUT2D eigenvalue weighted by molar-refractivity contribution is 7.12. The molecule has 1 aromatic heterocycles. The van der Waals surface area contributed by atoms with Crippen molar-refractivity contribution in [2.45, 2.75) is 39.2 Å². The van der Waals surface area contributed by atoms with E-state index in [0.717, 1.165) is 13.1 Å². The van der Waals surface area contributed by atoms with Crippen molar-refractivity contribution in [3.63, 3.8) is 0 Å². The first-order valence-corrected chi connectivity index (χ1v) is 6.71. The van der Waals surface area contributed by atoms with Crippen LogP contribution in [0.25, 0.3) is 0 Å². The molecule has 1 aliphatic rings. The van der Waals surface area contributed by atoms with E-state index in [1.54, 1.807) is 4.90 Å². The van der Waals surface area contributed by atoms with Crippen LogP contribution >= 0.6 is 11.3 Å². The van der Waals surface area contributed by atoms with Gasteiger partial charge in [0.15, 0.2) is 0 Å². The maximum absolute atomic E-state index is 11.7. The van der Waals surface area contributed by atoms with Crippen LogP contribution in [-0.2, 0) is 4.74 Å². The first kappa shape index (κ1) is 12.4. The third-order valence-electron chi connectivity index (χ3n) is 2.70. The molecular formula is C13H19NO2S. The summed E-state index contributed by atoms with van der Waals surface area (Å²) in [6.07, 6.45) is -0.193. The quantitative estimate of drug-likeness (QED) is 0.767. The maximum Gasteiger partial charge on any atom is 0.410 e. The van der Waals surface area contributed by atoms with Gasteiger partial charge >= 0.3 is 6.09 Å². The molecule has 0 bridgehead atoms. The van der Waals surface area contributed by atoms with Crippen molar-refractivity contribution in [1.82, 2.24) is 4.90 Å². The molecule has 1 amide bonds. The molecule has 2 rings (SSSR count). The summed E-state index contributed by atoms with van der Waals surface area (Å²) in [5.74, 6) is 0.501. The number of hydrogen-bond acceptors (Lipinski definition) is 3. The van der Waals surface area contributed by atoms with Gasteiger partial charge in [0.1, 0.15) is 5.60 Å². The lowest BCUT2D eigenvalue weighted by Crippen LogP contribution is -2.50. The van der Waals surface area contributed by atoms with Gasteiger partial charge in [-0.1, -0.05) is 0 Å². The molecule has 1 fully saturated rings. The average molecular weight is 253 g/mol. The van der Waals surface area contributed by atoms with Crippen molar-refractivity contribution in [3.05, 3.63) is 21.9 Å². The number of carbonyl (C=O) groups excluding carboxylic acids is 1. The van der Waals surface area contributed by atoms with Gasteiger partial charge < -0.3 is 9.64 Å². The van der Waals surface area contributed by atoms with Crippen LogP contribution in [0, 0.1) is 6.92 Å². The van der Waals surface area contributed by atoms with E-state index >= 15 is 0 Å². The lowest BCUT2D eigenvalue weighted by atomic mass is 9.99. The van der Waals surface area contributed by atoms with E-state index in [4.69, 9.17) is 4.74 Å². The Labute approximate surface area is 106 Å². The second-order valence-corrected chi connectivity index (χ2v) is 6.85. The highest BCUT2D eigenvalue weighted by Gasteiger charge is 2.35. The molecule has 4 heteroatoms. The molecular weight excluding hydrogens is 234 g/mol. The summed E-state index contributed by atoms with van der Waals surface area (Å²) >= 11 is 1.82. The van der Waals surface area contributed by atoms with Gasteiger partial charge in [0.25, 0.3) is 0 Å². The molecule has 17 heavy (non-hydrogen) atoms. The summed E-state index contributed by atoms with van der Waals surface area (Å²) in [7, 11) is 0. The Bertz CT molecular complexity index is 413. The van der Waals surface area contributed by atoms with Gasteiger partial charge in [-0.25, -0.2) is 4.79 Å². The third kappa shape index (κ3) is 3.00. The van der Waals surface area contributed by atoms with Gasteiger partial charge in [-0.3, -0.25) is 0 Å². The molecule has 0 spiro atoms. The Kier molecular flexibility index (Phi) is 3.17. The van der Waals surface area contributed by atoms with Gasteiger partial charge in [-0.15, -0.1) is 11.3 Å². The van der Waals surface area contributed by atoms with Crippen molar-refractivity contribution in [2.75, 3.05) is 13.1 Å². The summed E-state index contributed by atoms with van der Waals surface area (Å²) in [6, 6.07) is 4.30. The molecule has 3 nitrogen and oxygen atoms in total. The SMILES string of the molecule is Cc1ccc(C2CN(C(=O)OC(C)(C)C)C2)s1. The molecule has 1 aliphatic heterocycles. The van der Waals surface area contributed by atoms with E-state index in [2.05, 4.69) is 19.1 Å². The fourth-order valence-electron chi connectivity index (χ4n) is 1.81. The molecule has 2 heterocycles. The number of hydrogen-bond donors (Lipinski definition) is 0. The monoisotopic (exact) mass is 253 g/mol. The summed E-state index contributed by atoms with van der Waals surface area (Å²) < 4.78 is 5.32. The Hall–Kier alpha value is -1.03. The fourth-order valence-corrected chi connectivity index (χ4v) is 2.77. The zero-order valence-corrected chi connectivity index (χ0v) is 11.6. The minimum atomic E-state index is -0.401. The number of rotatable bonds is 1. The van der Waals surface area contributed by atoms with Crippen molar-refractivity contribution in [2.24, 2.45) is 0 Å². The van der Waals surface area contributed by atoms with Crippen LogP contribution in [0.5, 0.6) is 0 Å². The van der Waals surface area contributed by atoms with Crippen LogP contribution in [-0.4, -0.2) is 29.7 Å².